The Morgan fingerprint density at radius 1 is 1.05 bits per heavy atom. The van der Waals surface area contributed by atoms with Crippen molar-refractivity contribution in [2.24, 2.45) is 5.92 Å². The van der Waals surface area contributed by atoms with Crippen LogP contribution in [-0.2, 0) is 6.54 Å². The van der Waals surface area contributed by atoms with Gasteiger partial charge in [-0.1, -0.05) is 30.3 Å². The number of rotatable bonds is 5. The summed E-state index contributed by atoms with van der Waals surface area (Å²) in [4.78, 5) is 5.26. The topological polar surface area (TPSA) is 18.5 Å². The molecule has 1 N–H and O–H groups in total. The van der Waals surface area contributed by atoms with E-state index in [9.17, 15) is 0 Å². The Bertz CT molecular complexity index is 420. The molecule has 1 aromatic carbocycles. The first-order chi connectivity index (χ1) is 10.8. The van der Waals surface area contributed by atoms with E-state index in [-0.39, 0.29) is 0 Å². The van der Waals surface area contributed by atoms with Crippen LogP contribution < -0.4 is 5.32 Å². The minimum atomic E-state index is 0.793. The van der Waals surface area contributed by atoms with Gasteiger partial charge in [0.05, 0.1) is 0 Å². The largest absolute Gasteiger partial charge is 0.317 e. The van der Waals surface area contributed by atoms with Crippen LogP contribution in [0.25, 0.3) is 0 Å². The summed E-state index contributed by atoms with van der Waals surface area (Å²) >= 11 is 0. The average Bonchev–Trinajstić information content (AvgIpc) is 2.57. The highest BCUT2D eigenvalue weighted by Gasteiger charge is 2.24. The summed E-state index contributed by atoms with van der Waals surface area (Å²) in [5, 5.41) is 3.47. The minimum absolute atomic E-state index is 0.793. The second-order valence-electron chi connectivity index (χ2n) is 7.13. The Balaban J connectivity index is 1.41. The molecule has 0 atom stereocenters. The summed E-state index contributed by atoms with van der Waals surface area (Å²) < 4.78 is 0. The van der Waals surface area contributed by atoms with Gasteiger partial charge in [-0.25, -0.2) is 0 Å². The molecule has 0 saturated carbocycles. The SMILES string of the molecule is CN(CC1CCNCC1)C1CCN(Cc2ccccc2)CC1. The lowest BCUT2D eigenvalue weighted by molar-refractivity contribution is 0.106. The van der Waals surface area contributed by atoms with Crippen molar-refractivity contribution in [2.45, 2.75) is 38.3 Å². The Morgan fingerprint density at radius 3 is 2.41 bits per heavy atom. The van der Waals surface area contributed by atoms with Gasteiger partial charge in [0.1, 0.15) is 0 Å². The second kappa shape index (κ2) is 8.09. The van der Waals surface area contributed by atoms with Gasteiger partial charge in [-0.2, -0.15) is 0 Å². The van der Waals surface area contributed by atoms with Gasteiger partial charge >= 0.3 is 0 Å². The molecule has 2 heterocycles. The lowest BCUT2D eigenvalue weighted by Crippen LogP contribution is -2.45. The first-order valence-electron chi connectivity index (χ1n) is 8.98. The maximum Gasteiger partial charge on any atom is 0.0233 e. The van der Waals surface area contributed by atoms with Crippen LogP contribution >= 0.6 is 0 Å². The highest BCUT2D eigenvalue weighted by molar-refractivity contribution is 5.14. The molecule has 3 rings (SSSR count). The molecule has 3 heteroatoms. The van der Waals surface area contributed by atoms with E-state index in [1.807, 2.05) is 0 Å². The third kappa shape index (κ3) is 4.55. The van der Waals surface area contributed by atoms with Gasteiger partial charge in [0.25, 0.3) is 0 Å². The van der Waals surface area contributed by atoms with Crippen molar-refractivity contribution in [3.8, 4) is 0 Å². The number of hydrogen-bond acceptors (Lipinski definition) is 3. The molecular formula is C19H31N3. The van der Waals surface area contributed by atoms with E-state index >= 15 is 0 Å². The number of nitrogens with zero attached hydrogens (tertiary/aromatic N) is 2. The number of benzene rings is 1. The van der Waals surface area contributed by atoms with Crippen molar-refractivity contribution < 1.29 is 0 Å². The van der Waals surface area contributed by atoms with E-state index < -0.39 is 0 Å². The standard InChI is InChI=1S/C19H31N3/c1-21(15-18-7-11-20-12-8-18)19-9-13-22(14-10-19)16-17-5-3-2-4-6-17/h2-6,18-20H,7-16H2,1H3. The Hall–Kier alpha value is -0.900. The third-order valence-corrected chi connectivity index (χ3v) is 5.43. The van der Waals surface area contributed by atoms with Crippen LogP contribution in [0.2, 0.25) is 0 Å². The first-order valence-corrected chi connectivity index (χ1v) is 8.98. The van der Waals surface area contributed by atoms with Gasteiger partial charge in [-0.15, -0.1) is 0 Å². The molecule has 2 fully saturated rings. The van der Waals surface area contributed by atoms with Gasteiger partial charge in [0, 0.05) is 19.1 Å². The summed E-state index contributed by atoms with van der Waals surface area (Å²) in [5.74, 6) is 0.911. The second-order valence-corrected chi connectivity index (χ2v) is 7.13. The van der Waals surface area contributed by atoms with Gasteiger partial charge in [-0.3, -0.25) is 4.90 Å². The van der Waals surface area contributed by atoms with Crippen LogP contribution in [0.4, 0.5) is 0 Å². The quantitative estimate of drug-likeness (QED) is 0.902. The Morgan fingerprint density at radius 2 is 1.73 bits per heavy atom. The smallest absolute Gasteiger partial charge is 0.0233 e. The van der Waals surface area contributed by atoms with E-state index in [2.05, 4.69) is 52.5 Å². The lowest BCUT2D eigenvalue weighted by Gasteiger charge is -2.38. The minimum Gasteiger partial charge on any atom is -0.317 e. The number of nitrogens with one attached hydrogen (secondary N) is 1. The molecule has 0 aliphatic carbocycles. The van der Waals surface area contributed by atoms with Crippen molar-refractivity contribution in [1.82, 2.24) is 15.1 Å². The maximum absolute atomic E-state index is 3.47. The normalized spacial score (nSPS) is 22.3. The van der Waals surface area contributed by atoms with Crippen LogP contribution in [0, 0.1) is 5.92 Å². The summed E-state index contributed by atoms with van der Waals surface area (Å²) in [6, 6.07) is 11.7. The Labute approximate surface area is 135 Å². The zero-order valence-corrected chi connectivity index (χ0v) is 14.0. The van der Waals surface area contributed by atoms with E-state index in [0.717, 1.165) is 18.5 Å². The van der Waals surface area contributed by atoms with E-state index in [4.69, 9.17) is 0 Å². The fourth-order valence-corrected chi connectivity index (χ4v) is 3.98. The van der Waals surface area contributed by atoms with Crippen LogP contribution in [-0.4, -0.2) is 55.6 Å². The zero-order valence-electron chi connectivity index (χ0n) is 14.0. The molecule has 2 aliphatic rings. The molecule has 0 radical (unpaired) electrons. The maximum atomic E-state index is 3.47. The first kappa shape index (κ1) is 16.0. The molecule has 0 bridgehead atoms. The van der Waals surface area contributed by atoms with Gasteiger partial charge in [0.15, 0.2) is 0 Å². The molecule has 1 aromatic rings. The summed E-state index contributed by atoms with van der Waals surface area (Å²) in [5.41, 5.74) is 1.45. The van der Waals surface area contributed by atoms with E-state index in [0.29, 0.717) is 0 Å². The number of likely N-dealkylation sites (tertiary alicyclic amines) is 1. The van der Waals surface area contributed by atoms with Crippen LogP contribution in [0.3, 0.4) is 0 Å². The highest BCUT2D eigenvalue weighted by Crippen LogP contribution is 2.20. The monoisotopic (exact) mass is 301 g/mol. The molecule has 0 aromatic heterocycles. The zero-order chi connectivity index (χ0) is 15.2. The Kier molecular flexibility index (Phi) is 5.88. The van der Waals surface area contributed by atoms with Crippen molar-refractivity contribution in [1.29, 1.82) is 0 Å². The fourth-order valence-electron chi connectivity index (χ4n) is 3.98. The van der Waals surface area contributed by atoms with Crippen LogP contribution in [0.15, 0.2) is 30.3 Å². The van der Waals surface area contributed by atoms with Crippen molar-refractivity contribution in [2.75, 3.05) is 39.8 Å². The van der Waals surface area contributed by atoms with Crippen molar-refractivity contribution in [3.63, 3.8) is 0 Å². The number of piperidine rings is 2. The average molecular weight is 301 g/mol. The molecule has 2 aliphatic heterocycles. The molecule has 0 amide bonds. The predicted octanol–water partition coefficient (Wildman–Crippen LogP) is 2.58. The number of hydrogen-bond donors (Lipinski definition) is 1. The molecule has 0 unspecified atom stereocenters. The van der Waals surface area contributed by atoms with E-state index in [1.165, 1.54) is 64.0 Å². The molecule has 22 heavy (non-hydrogen) atoms. The molecule has 3 nitrogen and oxygen atoms in total. The lowest BCUT2D eigenvalue weighted by atomic mass is 9.95. The predicted molar refractivity (Wildman–Crippen MR) is 93.0 cm³/mol. The third-order valence-electron chi connectivity index (χ3n) is 5.43. The van der Waals surface area contributed by atoms with E-state index in [1.54, 1.807) is 0 Å². The summed E-state index contributed by atoms with van der Waals surface area (Å²) in [6.07, 6.45) is 5.37. The molecule has 2 saturated heterocycles. The van der Waals surface area contributed by atoms with Crippen LogP contribution in [0.1, 0.15) is 31.2 Å². The summed E-state index contributed by atoms with van der Waals surface area (Å²) in [6.45, 7) is 7.34. The summed E-state index contributed by atoms with van der Waals surface area (Å²) in [7, 11) is 2.35. The van der Waals surface area contributed by atoms with Gasteiger partial charge in [0.2, 0.25) is 0 Å². The fraction of sp³-hybridized carbons (Fsp3) is 0.684. The molecule has 0 spiro atoms. The molecular weight excluding hydrogens is 270 g/mol. The van der Waals surface area contributed by atoms with Crippen LogP contribution in [0.5, 0.6) is 0 Å². The highest BCUT2D eigenvalue weighted by atomic mass is 15.2. The van der Waals surface area contributed by atoms with Gasteiger partial charge in [-0.05, 0) is 70.4 Å². The van der Waals surface area contributed by atoms with Crippen molar-refractivity contribution in [3.05, 3.63) is 35.9 Å². The van der Waals surface area contributed by atoms with Gasteiger partial charge < -0.3 is 10.2 Å². The molecule has 122 valence electrons. The van der Waals surface area contributed by atoms with Crippen molar-refractivity contribution >= 4 is 0 Å².